The fourth-order valence-electron chi connectivity index (χ4n) is 2.02. The third-order valence-corrected chi connectivity index (χ3v) is 3.03. The molecule has 0 aliphatic carbocycles. The van der Waals surface area contributed by atoms with E-state index >= 15 is 0 Å². The number of anilines is 1. The number of fused-ring (bicyclic) bond motifs is 1. The fraction of sp³-hybridized carbons (Fsp3) is 0.143. The zero-order valence-electron chi connectivity index (χ0n) is 10.1. The summed E-state index contributed by atoms with van der Waals surface area (Å²) >= 11 is 0. The van der Waals surface area contributed by atoms with Crippen molar-refractivity contribution in [3.05, 3.63) is 54.5 Å². The summed E-state index contributed by atoms with van der Waals surface area (Å²) in [6.07, 6.45) is 5.46. The Kier molecular flexibility index (Phi) is 2.68. The van der Waals surface area contributed by atoms with Crippen molar-refractivity contribution in [3.8, 4) is 0 Å². The first-order chi connectivity index (χ1) is 8.83. The number of pyridine rings is 1. The molecule has 2 aromatic heterocycles. The Morgan fingerprint density at radius 3 is 2.83 bits per heavy atom. The fourth-order valence-corrected chi connectivity index (χ4v) is 2.02. The second-order valence-corrected chi connectivity index (χ2v) is 4.32. The van der Waals surface area contributed by atoms with Crippen molar-refractivity contribution in [2.75, 3.05) is 5.32 Å². The van der Waals surface area contributed by atoms with Gasteiger partial charge in [-0.3, -0.25) is 10.1 Å². The van der Waals surface area contributed by atoms with Crippen molar-refractivity contribution in [1.82, 2.24) is 15.2 Å². The molecule has 1 unspecified atom stereocenters. The van der Waals surface area contributed by atoms with Gasteiger partial charge in [0.25, 0.3) is 0 Å². The van der Waals surface area contributed by atoms with Gasteiger partial charge in [0.2, 0.25) is 0 Å². The highest BCUT2D eigenvalue weighted by Crippen LogP contribution is 2.21. The Morgan fingerprint density at radius 2 is 2.00 bits per heavy atom. The van der Waals surface area contributed by atoms with E-state index in [0.29, 0.717) is 0 Å². The van der Waals surface area contributed by atoms with Gasteiger partial charge in [0, 0.05) is 29.5 Å². The van der Waals surface area contributed by atoms with Gasteiger partial charge in [0.15, 0.2) is 0 Å². The van der Waals surface area contributed by atoms with Crippen LogP contribution in [0.15, 0.2) is 48.9 Å². The number of hydrogen-bond donors (Lipinski definition) is 2. The molecule has 1 atom stereocenters. The van der Waals surface area contributed by atoms with Crippen LogP contribution in [0.1, 0.15) is 18.5 Å². The molecule has 4 nitrogen and oxygen atoms in total. The highest BCUT2D eigenvalue weighted by molar-refractivity contribution is 5.81. The second-order valence-electron chi connectivity index (χ2n) is 4.32. The van der Waals surface area contributed by atoms with Crippen LogP contribution >= 0.6 is 0 Å². The maximum absolute atomic E-state index is 4.03. The minimum absolute atomic E-state index is 0.248. The molecule has 2 N–H and O–H groups in total. The molecule has 3 rings (SSSR count). The molecule has 18 heavy (non-hydrogen) atoms. The molecule has 0 bridgehead atoms. The Balaban J connectivity index is 1.83. The molecule has 4 heteroatoms. The smallest absolute Gasteiger partial charge is 0.0651 e. The van der Waals surface area contributed by atoms with Gasteiger partial charge in [-0.05, 0) is 42.8 Å². The van der Waals surface area contributed by atoms with E-state index in [-0.39, 0.29) is 6.04 Å². The van der Waals surface area contributed by atoms with Crippen LogP contribution in [0.3, 0.4) is 0 Å². The van der Waals surface area contributed by atoms with Gasteiger partial charge >= 0.3 is 0 Å². The van der Waals surface area contributed by atoms with Crippen LogP contribution < -0.4 is 5.32 Å². The number of nitrogens with zero attached hydrogens (tertiary/aromatic N) is 2. The molecule has 0 spiro atoms. The van der Waals surface area contributed by atoms with Crippen LogP contribution in [-0.2, 0) is 0 Å². The van der Waals surface area contributed by atoms with Crippen LogP contribution in [0.25, 0.3) is 10.9 Å². The highest BCUT2D eigenvalue weighted by Gasteiger charge is 2.05. The maximum Gasteiger partial charge on any atom is 0.0651 e. The molecular formula is C14H14N4. The lowest BCUT2D eigenvalue weighted by Crippen LogP contribution is -2.06. The summed E-state index contributed by atoms with van der Waals surface area (Å²) in [6.45, 7) is 2.13. The SMILES string of the molecule is CC(Nc1ccc2[nH]ncc2c1)c1ccncc1. The molecule has 0 radical (unpaired) electrons. The van der Waals surface area contributed by atoms with E-state index in [9.17, 15) is 0 Å². The minimum Gasteiger partial charge on any atom is -0.378 e. The zero-order chi connectivity index (χ0) is 12.4. The number of hydrogen-bond acceptors (Lipinski definition) is 3. The van der Waals surface area contributed by atoms with Gasteiger partial charge < -0.3 is 5.32 Å². The lowest BCUT2D eigenvalue weighted by Gasteiger charge is -2.15. The summed E-state index contributed by atoms with van der Waals surface area (Å²) in [5, 5.41) is 11.5. The van der Waals surface area contributed by atoms with Gasteiger partial charge in [0.05, 0.1) is 11.7 Å². The quantitative estimate of drug-likeness (QED) is 0.737. The number of H-pyrrole nitrogens is 1. The van der Waals surface area contributed by atoms with E-state index in [2.05, 4.69) is 39.6 Å². The van der Waals surface area contributed by atoms with Gasteiger partial charge in [-0.2, -0.15) is 5.10 Å². The van der Waals surface area contributed by atoms with Crippen molar-refractivity contribution in [2.45, 2.75) is 13.0 Å². The summed E-state index contributed by atoms with van der Waals surface area (Å²) in [5.74, 6) is 0. The molecule has 0 saturated carbocycles. The zero-order valence-corrected chi connectivity index (χ0v) is 10.1. The van der Waals surface area contributed by atoms with Gasteiger partial charge in [-0.25, -0.2) is 0 Å². The van der Waals surface area contributed by atoms with Crippen LogP contribution in [0.5, 0.6) is 0 Å². The largest absolute Gasteiger partial charge is 0.378 e. The Morgan fingerprint density at radius 1 is 1.17 bits per heavy atom. The van der Waals surface area contributed by atoms with Crippen LogP contribution in [-0.4, -0.2) is 15.2 Å². The van der Waals surface area contributed by atoms with Gasteiger partial charge in [0.1, 0.15) is 0 Å². The van der Waals surface area contributed by atoms with Crippen LogP contribution in [0.2, 0.25) is 0 Å². The number of aromatic nitrogens is 3. The topological polar surface area (TPSA) is 53.6 Å². The van der Waals surface area contributed by atoms with Crippen LogP contribution in [0, 0.1) is 0 Å². The summed E-state index contributed by atoms with van der Waals surface area (Å²) < 4.78 is 0. The van der Waals surface area contributed by atoms with E-state index in [1.165, 1.54) is 5.56 Å². The van der Waals surface area contributed by atoms with Crippen molar-refractivity contribution < 1.29 is 0 Å². The Bertz CT molecular complexity index is 645. The standard InChI is InChI=1S/C14H14N4/c1-10(11-4-6-15-7-5-11)17-13-2-3-14-12(8-13)9-16-18-14/h2-10,17H,1H3,(H,16,18). The molecule has 1 aromatic carbocycles. The first-order valence-electron chi connectivity index (χ1n) is 5.92. The predicted molar refractivity (Wildman–Crippen MR) is 72.4 cm³/mol. The molecule has 0 aliphatic heterocycles. The van der Waals surface area contributed by atoms with Crippen molar-refractivity contribution in [2.24, 2.45) is 0 Å². The minimum atomic E-state index is 0.248. The van der Waals surface area contributed by atoms with E-state index < -0.39 is 0 Å². The molecule has 90 valence electrons. The van der Waals surface area contributed by atoms with Crippen LogP contribution in [0.4, 0.5) is 5.69 Å². The summed E-state index contributed by atoms with van der Waals surface area (Å²) in [5.41, 5.74) is 3.36. The van der Waals surface area contributed by atoms with Crippen molar-refractivity contribution >= 4 is 16.6 Å². The molecule has 0 saturated heterocycles. The molecule has 3 aromatic rings. The lowest BCUT2D eigenvalue weighted by molar-refractivity contribution is 0.881. The third kappa shape index (κ3) is 2.05. The Labute approximate surface area is 105 Å². The number of rotatable bonds is 3. The first kappa shape index (κ1) is 10.8. The van der Waals surface area contributed by atoms with E-state index in [0.717, 1.165) is 16.6 Å². The van der Waals surface area contributed by atoms with Gasteiger partial charge in [-0.15, -0.1) is 0 Å². The number of benzene rings is 1. The predicted octanol–water partition coefficient (Wildman–Crippen LogP) is 3.13. The number of aromatic amines is 1. The summed E-state index contributed by atoms with van der Waals surface area (Å²) in [7, 11) is 0. The summed E-state index contributed by atoms with van der Waals surface area (Å²) in [6, 6.07) is 10.5. The van der Waals surface area contributed by atoms with Crippen molar-refractivity contribution in [3.63, 3.8) is 0 Å². The average molecular weight is 238 g/mol. The molecule has 0 aliphatic rings. The van der Waals surface area contributed by atoms with Crippen molar-refractivity contribution in [1.29, 1.82) is 0 Å². The van der Waals surface area contributed by atoms with E-state index in [4.69, 9.17) is 0 Å². The molecular weight excluding hydrogens is 224 g/mol. The number of nitrogens with one attached hydrogen (secondary N) is 2. The van der Waals surface area contributed by atoms with Gasteiger partial charge in [-0.1, -0.05) is 0 Å². The average Bonchev–Trinajstić information content (AvgIpc) is 2.87. The second kappa shape index (κ2) is 4.49. The highest BCUT2D eigenvalue weighted by atomic mass is 15.1. The first-order valence-corrected chi connectivity index (χ1v) is 5.92. The Hall–Kier alpha value is -2.36. The maximum atomic E-state index is 4.03. The van der Waals surface area contributed by atoms with E-state index in [1.54, 1.807) is 0 Å². The van der Waals surface area contributed by atoms with E-state index in [1.807, 2.05) is 36.8 Å². The molecule has 0 amide bonds. The summed E-state index contributed by atoms with van der Waals surface area (Å²) in [4.78, 5) is 4.03. The molecule has 0 fully saturated rings. The lowest BCUT2D eigenvalue weighted by atomic mass is 10.1. The monoisotopic (exact) mass is 238 g/mol. The third-order valence-electron chi connectivity index (χ3n) is 3.03. The molecule has 2 heterocycles. The normalized spacial score (nSPS) is 12.5.